The van der Waals surface area contributed by atoms with Crippen molar-refractivity contribution in [2.45, 2.75) is 65.3 Å². The SMILES string of the molecule is CC(C)CCN(C(=O)NCCC(C)C(=O)O)C1CCCC1. The highest BCUT2D eigenvalue weighted by atomic mass is 16.4. The highest BCUT2D eigenvalue weighted by Gasteiger charge is 2.26. The van der Waals surface area contributed by atoms with Crippen molar-refractivity contribution in [1.29, 1.82) is 0 Å². The number of amides is 2. The van der Waals surface area contributed by atoms with Crippen LogP contribution in [0.4, 0.5) is 4.79 Å². The molecule has 2 N–H and O–H groups in total. The average molecular weight is 298 g/mol. The van der Waals surface area contributed by atoms with Crippen LogP contribution in [0.25, 0.3) is 0 Å². The topological polar surface area (TPSA) is 69.6 Å². The van der Waals surface area contributed by atoms with Crippen LogP contribution in [0.1, 0.15) is 59.3 Å². The fourth-order valence-corrected chi connectivity index (χ4v) is 2.68. The van der Waals surface area contributed by atoms with Gasteiger partial charge in [-0.3, -0.25) is 4.79 Å². The van der Waals surface area contributed by atoms with Crippen LogP contribution in [0, 0.1) is 11.8 Å². The Labute approximate surface area is 128 Å². The first-order chi connectivity index (χ1) is 9.91. The summed E-state index contributed by atoms with van der Waals surface area (Å²) in [6.45, 7) is 7.22. The van der Waals surface area contributed by atoms with Crippen molar-refractivity contribution >= 4 is 12.0 Å². The predicted molar refractivity (Wildman–Crippen MR) is 83.2 cm³/mol. The zero-order valence-electron chi connectivity index (χ0n) is 13.6. The summed E-state index contributed by atoms with van der Waals surface area (Å²) in [5, 5.41) is 11.7. The molecule has 0 aromatic rings. The zero-order chi connectivity index (χ0) is 15.8. The molecule has 5 nitrogen and oxygen atoms in total. The molecule has 0 spiro atoms. The van der Waals surface area contributed by atoms with Gasteiger partial charge >= 0.3 is 12.0 Å². The maximum absolute atomic E-state index is 12.4. The fourth-order valence-electron chi connectivity index (χ4n) is 2.68. The van der Waals surface area contributed by atoms with Crippen LogP contribution in [0.3, 0.4) is 0 Å². The van der Waals surface area contributed by atoms with Gasteiger partial charge in [0.25, 0.3) is 0 Å². The highest BCUT2D eigenvalue weighted by Crippen LogP contribution is 2.24. The molecule has 1 aliphatic carbocycles. The molecule has 0 heterocycles. The summed E-state index contributed by atoms with van der Waals surface area (Å²) in [6, 6.07) is 0.334. The first kappa shape index (κ1) is 17.8. The van der Waals surface area contributed by atoms with Gasteiger partial charge in [-0.2, -0.15) is 0 Å². The van der Waals surface area contributed by atoms with Gasteiger partial charge in [0.1, 0.15) is 0 Å². The van der Waals surface area contributed by atoms with Gasteiger partial charge in [0.2, 0.25) is 0 Å². The summed E-state index contributed by atoms with van der Waals surface area (Å²) < 4.78 is 0. The lowest BCUT2D eigenvalue weighted by Crippen LogP contribution is -2.46. The van der Waals surface area contributed by atoms with Crippen molar-refractivity contribution in [2.24, 2.45) is 11.8 Å². The van der Waals surface area contributed by atoms with Gasteiger partial charge in [-0.15, -0.1) is 0 Å². The number of carbonyl (C=O) groups is 2. The lowest BCUT2D eigenvalue weighted by molar-refractivity contribution is -0.141. The van der Waals surface area contributed by atoms with E-state index in [2.05, 4.69) is 19.2 Å². The van der Waals surface area contributed by atoms with Crippen LogP contribution < -0.4 is 5.32 Å². The van der Waals surface area contributed by atoms with Gasteiger partial charge < -0.3 is 15.3 Å². The highest BCUT2D eigenvalue weighted by molar-refractivity contribution is 5.74. The molecule has 0 aromatic carbocycles. The van der Waals surface area contributed by atoms with Gasteiger partial charge in [-0.1, -0.05) is 33.6 Å². The standard InChI is InChI=1S/C16H30N2O3/c1-12(2)9-11-18(14-6-4-5-7-14)16(21)17-10-8-13(3)15(19)20/h12-14H,4-11H2,1-3H3,(H,17,21)(H,19,20). The second kappa shape index (κ2) is 8.90. The predicted octanol–water partition coefficient (Wildman–Crippen LogP) is 3.10. The number of rotatable bonds is 8. The molecule has 1 fully saturated rings. The molecule has 0 aliphatic heterocycles. The third-order valence-corrected chi connectivity index (χ3v) is 4.25. The molecular formula is C16H30N2O3. The van der Waals surface area contributed by atoms with E-state index in [-0.39, 0.29) is 6.03 Å². The number of aliphatic carboxylic acids is 1. The van der Waals surface area contributed by atoms with E-state index in [1.807, 2.05) is 4.90 Å². The first-order valence-electron chi connectivity index (χ1n) is 8.19. The quantitative estimate of drug-likeness (QED) is 0.723. The Morgan fingerprint density at radius 3 is 2.33 bits per heavy atom. The average Bonchev–Trinajstić information content (AvgIpc) is 2.92. The van der Waals surface area contributed by atoms with Gasteiger partial charge in [0.05, 0.1) is 5.92 Å². The van der Waals surface area contributed by atoms with E-state index in [9.17, 15) is 9.59 Å². The maximum atomic E-state index is 12.4. The summed E-state index contributed by atoms with van der Waals surface area (Å²) in [4.78, 5) is 25.1. The van der Waals surface area contributed by atoms with Gasteiger partial charge in [-0.05, 0) is 31.6 Å². The third-order valence-electron chi connectivity index (χ3n) is 4.25. The largest absolute Gasteiger partial charge is 0.481 e. The molecule has 21 heavy (non-hydrogen) atoms. The third kappa shape index (κ3) is 6.36. The smallest absolute Gasteiger partial charge is 0.317 e. The van der Waals surface area contributed by atoms with E-state index in [1.165, 1.54) is 12.8 Å². The number of carboxylic acid groups (broad SMARTS) is 1. The zero-order valence-corrected chi connectivity index (χ0v) is 13.6. The molecule has 0 bridgehead atoms. The molecule has 1 atom stereocenters. The number of carbonyl (C=O) groups excluding carboxylic acids is 1. The van der Waals surface area contributed by atoms with Crippen molar-refractivity contribution in [3.05, 3.63) is 0 Å². The monoisotopic (exact) mass is 298 g/mol. The molecule has 1 saturated carbocycles. The van der Waals surface area contributed by atoms with Crippen molar-refractivity contribution in [3.63, 3.8) is 0 Å². The molecule has 122 valence electrons. The molecular weight excluding hydrogens is 268 g/mol. The summed E-state index contributed by atoms with van der Waals surface area (Å²) in [5.41, 5.74) is 0. The molecule has 5 heteroatoms. The van der Waals surface area contributed by atoms with Crippen LogP contribution in [-0.2, 0) is 4.79 Å². The van der Waals surface area contributed by atoms with E-state index < -0.39 is 11.9 Å². The molecule has 2 amide bonds. The van der Waals surface area contributed by atoms with E-state index in [4.69, 9.17) is 5.11 Å². The van der Waals surface area contributed by atoms with Gasteiger partial charge in [0, 0.05) is 19.1 Å². The minimum absolute atomic E-state index is 0.0276. The van der Waals surface area contributed by atoms with Crippen molar-refractivity contribution in [3.8, 4) is 0 Å². The Morgan fingerprint density at radius 2 is 1.81 bits per heavy atom. The molecule has 1 unspecified atom stereocenters. The Hall–Kier alpha value is -1.26. The molecule has 0 aromatic heterocycles. The lowest BCUT2D eigenvalue weighted by atomic mass is 10.1. The number of nitrogens with one attached hydrogen (secondary N) is 1. The molecule has 0 saturated heterocycles. The summed E-state index contributed by atoms with van der Waals surface area (Å²) in [5.74, 6) is -0.647. The number of urea groups is 1. The minimum atomic E-state index is -0.809. The number of hydrogen-bond donors (Lipinski definition) is 2. The van der Waals surface area contributed by atoms with Crippen molar-refractivity contribution < 1.29 is 14.7 Å². The van der Waals surface area contributed by atoms with Crippen LogP contribution >= 0.6 is 0 Å². The molecule has 1 aliphatic rings. The first-order valence-corrected chi connectivity index (χ1v) is 8.19. The Balaban J connectivity index is 2.44. The van der Waals surface area contributed by atoms with Gasteiger partial charge in [0.15, 0.2) is 0 Å². The number of carboxylic acids is 1. The van der Waals surface area contributed by atoms with E-state index >= 15 is 0 Å². The fraction of sp³-hybridized carbons (Fsp3) is 0.875. The summed E-state index contributed by atoms with van der Waals surface area (Å²) in [6.07, 6.45) is 6.08. The second-order valence-corrected chi connectivity index (χ2v) is 6.57. The van der Waals surface area contributed by atoms with Crippen molar-refractivity contribution in [2.75, 3.05) is 13.1 Å². The maximum Gasteiger partial charge on any atom is 0.317 e. The summed E-state index contributed by atoms with van der Waals surface area (Å²) in [7, 11) is 0. The van der Waals surface area contributed by atoms with E-state index in [0.29, 0.717) is 24.9 Å². The molecule has 0 radical (unpaired) electrons. The van der Waals surface area contributed by atoms with Crippen LogP contribution in [-0.4, -0.2) is 41.1 Å². The second-order valence-electron chi connectivity index (χ2n) is 6.57. The van der Waals surface area contributed by atoms with E-state index in [0.717, 1.165) is 25.8 Å². The summed E-state index contributed by atoms with van der Waals surface area (Å²) >= 11 is 0. The Kier molecular flexibility index (Phi) is 7.54. The lowest BCUT2D eigenvalue weighted by Gasteiger charge is -2.30. The normalized spacial score (nSPS) is 17.0. The van der Waals surface area contributed by atoms with Gasteiger partial charge in [-0.25, -0.2) is 4.79 Å². The van der Waals surface area contributed by atoms with Crippen LogP contribution in [0.15, 0.2) is 0 Å². The van der Waals surface area contributed by atoms with Crippen LogP contribution in [0.5, 0.6) is 0 Å². The molecule has 1 rings (SSSR count). The van der Waals surface area contributed by atoms with Crippen LogP contribution in [0.2, 0.25) is 0 Å². The van der Waals surface area contributed by atoms with Crippen molar-refractivity contribution in [1.82, 2.24) is 10.2 Å². The number of hydrogen-bond acceptors (Lipinski definition) is 2. The minimum Gasteiger partial charge on any atom is -0.481 e. The number of nitrogens with zero attached hydrogens (tertiary/aromatic N) is 1. The Bertz CT molecular complexity index is 338. The van der Waals surface area contributed by atoms with E-state index in [1.54, 1.807) is 6.92 Å². The Morgan fingerprint density at radius 1 is 1.19 bits per heavy atom.